The van der Waals surface area contributed by atoms with Crippen molar-refractivity contribution < 1.29 is 17.9 Å². The maximum Gasteiger partial charge on any atom is 0.206 e. The molecule has 0 radical (unpaired) electrons. The number of ether oxygens (including phenoxy) is 2. The predicted molar refractivity (Wildman–Crippen MR) is 187 cm³/mol. The fourth-order valence-electron chi connectivity index (χ4n) is 5.79. The van der Waals surface area contributed by atoms with E-state index in [-0.39, 0.29) is 4.90 Å². The summed E-state index contributed by atoms with van der Waals surface area (Å²) in [5, 5.41) is 2.21. The Bertz CT molecular complexity index is 2240. The highest BCUT2D eigenvalue weighted by molar-refractivity contribution is 7.91. The number of hydrogen-bond donors (Lipinski definition) is 0. The van der Waals surface area contributed by atoms with Crippen molar-refractivity contribution >= 4 is 43.8 Å². The molecule has 0 unspecified atom stereocenters. The minimum Gasteiger partial charge on any atom is -0.497 e. The van der Waals surface area contributed by atoms with Crippen LogP contribution in [0.15, 0.2) is 149 Å². The molecule has 46 heavy (non-hydrogen) atoms. The first kappa shape index (κ1) is 29.1. The van der Waals surface area contributed by atoms with Crippen LogP contribution in [0.1, 0.15) is 11.1 Å². The molecular weight excluding hydrogens is 591 g/mol. The Morgan fingerprint density at radius 1 is 0.522 bits per heavy atom. The summed E-state index contributed by atoms with van der Waals surface area (Å²) in [6.45, 7) is 0. The minimum absolute atomic E-state index is 0.284. The van der Waals surface area contributed by atoms with Gasteiger partial charge in [0.05, 0.1) is 35.0 Å². The summed E-state index contributed by atoms with van der Waals surface area (Å²) in [7, 11) is -0.171. The van der Waals surface area contributed by atoms with Crippen LogP contribution in [0.3, 0.4) is 0 Å². The van der Waals surface area contributed by atoms with Gasteiger partial charge >= 0.3 is 0 Å². The van der Waals surface area contributed by atoms with E-state index in [1.54, 1.807) is 56.7 Å². The quantitative estimate of drug-likeness (QED) is 0.159. The van der Waals surface area contributed by atoms with Crippen LogP contribution >= 0.6 is 0 Å². The molecule has 0 bridgehead atoms. The fourth-order valence-corrected chi connectivity index (χ4v) is 7.07. The second-order valence-corrected chi connectivity index (χ2v) is 12.9. The highest BCUT2D eigenvalue weighted by atomic mass is 32.2. The number of hydrogen-bond acceptors (Lipinski definition) is 4. The first-order chi connectivity index (χ1) is 22.4. The standard InChI is InChI=1S/C40H31NO4S/c1-44-33-20-24-39-37(26-33)38-27-34(45-2)21-25-40(38)41(39)32-18-12-29(13-19-32)9-8-28-10-14-30(15-11-28)31-16-22-36(23-17-31)46(42,43)35-6-4-3-5-7-35/h3-27H,1-2H3. The zero-order valence-corrected chi connectivity index (χ0v) is 26.2. The molecule has 0 saturated heterocycles. The highest BCUT2D eigenvalue weighted by Crippen LogP contribution is 2.36. The molecule has 0 aliphatic heterocycles. The molecule has 7 aromatic rings. The molecule has 226 valence electrons. The Hall–Kier alpha value is -5.59. The van der Waals surface area contributed by atoms with Gasteiger partial charge in [-0.05, 0) is 95.1 Å². The van der Waals surface area contributed by atoms with E-state index in [2.05, 4.69) is 89.5 Å². The molecule has 1 heterocycles. The highest BCUT2D eigenvalue weighted by Gasteiger charge is 2.17. The monoisotopic (exact) mass is 621 g/mol. The molecule has 0 saturated carbocycles. The maximum atomic E-state index is 12.9. The van der Waals surface area contributed by atoms with Crippen LogP contribution in [0.25, 0.3) is 50.8 Å². The van der Waals surface area contributed by atoms with Gasteiger partial charge in [-0.15, -0.1) is 0 Å². The number of aromatic nitrogens is 1. The molecule has 0 fully saturated rings. The van der Waals surface area contributed by atoms with E-state index in [0.29, 0.717) is 4.90 Å². The first-order valence-corrected chi connectivity index (χ1v) is 16.4. The van der Waals surface area contributed by atoms with Gasteiger partial charge in [-0.2, -0.15) is 0 Å². The molecule has 0 N–H and O–H groups in total. The smallest absolute Gasteiger partial charge is 0.206 e. The summed E-state index contributed by atoms with van der Waals surface area (Å²) in [4.78, 5) is 0.578. The average Bonchev–Trinajstić information content (AvgIpc) is 3.44. The molecule has 0 aliphatic rings. The van der Waals surface area contributed by atoms with Gasteiger partial charge in [0.1, 0.15) is 11.5 Å². The van der Waals surface area contributed by atoms with Crippen LogP contribution in [-0.2, 0) is 9.84 Å². The lowest BCUT2D eigenvalue weighted by molar-refractivity contribution is 0.415. The van der Waals surface area contributed by atoms with E-state index >= 15 is 0 Å². The Morgan fingerprint density at radius 3 is 1.48 bits per heavy atom. The third-order valence-corrected chi connectivity index (χ3v) is 10.0. The van der Waals surface area contributed by atoms with Crippen molar-refractivity contribution in [3.05, 3.63) is 151 Å². The summed E-state index contributed by atoms with van der Waals surface area (Å²) >= 11 is 0. The van der Waals surface area contributed by atoms with Crippen LogP contribution in [0, 0.1) is 0 Å². The zero-order valence-electron chi connectivity index (χ0n) is 25.4. The molecule has 0 amide bonds. The van der Waals surface area contributed by atoms with Gasteiger partial charge in [0.2, 0.25) is 9.84 Å². The van der Waals surface area contributed by atoms with E-state index in [9.17, 15) is 8.42 Å². The second kappa shape index (κ2) is 12.1. The molecule has 6 aromatic carbocycles. The van der Waals surface area contributed by atoms with Crippen molar-refractivity contribution in [1.29, 1.82) is 0 Å². The zero-order chi connectivity index (χ0) is 31.7. The van der Waals surface area contributed by atoms with Crippen LogP contribution < -0.4 is 9.47 Å². The predicted octanol–water partition coefficient (Wildman–Crippen LogP) is 9.47. The Labute approximate surface area is 268 Å². The average molecular weight is 622 g/mol. The number of rotatable bonds is 8. The summed E-state index contributed by atoms with van der Waals surface area (Å²) in [6, 6.07) is 44.6. The van der Waals surface area contributed by atoms with Gasteiger partial charge in [-0.25, -0.2) is 8.42 Å². The van der Waals surface area contributed by atoms with Crippen molar-refractivity contribution in [2.45, 2.75) is 9.79 Å². The molecule has 5 nitrogen and oxygen atoms in total. The van der Waals surface area contributed by atoms with E-state index in [0.717, 1.165) is 61.2 Å². The number of benzene rings is 6. The topological polar surface area (TPSA) is 57.5 Å². The lowest BCUT2D eigenvalue weighted by Gasteiger charge is -2.09. The molecule has 6 heteroatoms. The molecule has 0 spiro atoms. The van der Waals surface area contributed by atoms with Crippen molar-refractivity contribution in [1.82, 2.24) is 4.57 Å². The van der Waals surface area contributed by atoms with Gasteiger partial charge in [0.15, 0.2) is 0 Å². The van der Waals surface area contributed by atoms with Crippen LogP contribution in [0.4, 0.5) is 0 Å². The lowest BCUT2D eigenvalue weighted by atomic mass is 10.0. The molecule has 0 atom stereocenters. The molecule has 7 rings (SSSR count). The van der Waals surface area contributed by atoms with E-state index in [1.807, 2.05) is 24.3 Å². The second-order valence-electron chi connectivity index (χ2n) is 11.0. The largest absolute Gasteiger partial charge is 0.497 e. The van der Waals surface area contributed by atoms with Crippen molar-refractivity contribution in [3.63, 3.8) is 0 Å². The van der Waals surface area contributed by atoms with E-state index < -0.39 is 9.84 Å². The normalized spacial score (nSPS) is 11.8. The van der Waals surface area contributed by atoms with Crippen LogP contribution in [0.5, 0.6) is 11.5 Å². The number of fused-ring (bicyclic) bond motifs is 3. The summed E-state index contributed by atoms with van der Waals surface area (Å²) in [5.74, 6) is 1.63. The number of methoxy groups -OCH3 is 2. The van der Waals surface area contributed by atoms with Gasteiger partial charge in [0.25, 0.3) is 0 Å². The Morgan fingerprint density at radius 2 is 0.978 bits per heavy atom. The van der Waals surface area contributed by atoms with Crippen LogP contribution in [0.2, 0.25) is 0 Å². The summed E-state index contributed by atoms with van der Waals surface area (Å²) in [5.41, 5.74) is 7.40. The van der Waals surface area contributed by atoms with Crippen molar-refractivity contribution in [2.75, 3.05) is 14.2 Å². The van der Waals surface area contributed by atoms with Crippen LogP contribution in [-0.4, -0.2) is 27.2 Å². The Balaban J connectivity index is 1.10. The minimum atomic E-state index is -3.54. The first-order valence-electron chi connectivity index (χ1n) is 14.9. The molecule has 0 aliphatic carbocycles. The van der Waals surface area contributed by atoms with E-state index in [1.165, 1.54) is 0 Å². The number of nitrogens with zero attached hydrogens (tertiary/aromatic N) is 1. The third-order valence-electron chi connectivity index (χ3n) is 8.26. The van der Waals surface area contributed by atoms with Crippen molar-refractivity contribution in [2.24, 2.45) is 0 Å². The van der Waals surface area contributed by atoms with E-state index in [4.69, 9.17) is 9.47 Å². The fraction of sp³-hybridized carbons (Fsp3) is 0.0500. The molecule has 1 aromatic heterocycles. The summed E-state index contributed by atoms with van der Waals surface area (Å²) in [6.07, 6.45) is 4.19. The Kier molecular flexibility index (Phi) is 7.64. The van der Waals surface area contributed by atoms with Gasteiger partial charge in [-0.1, -0.05) is 78.9 Å². The maximum absolute atomic E-state index is 12.9. The van der Waals surface area contributed by atoms with Gasteiger partial charge in [0, 0.05) is 16.5 Å². The lowest BCUT2D eigenvalue weighted by Crippen LogP contribution is -2.01. The van der Waals surface area contributed by atoms with Gasteiger partial charge in [-0.3, -0.25) is 0 Å². The van der Waals surface area contributed by atoms with Crippen molar-refractivity contribution in [3.8, 4) is 28.3 Å². The van der Waals surface area contributed by atoms with Gasteiger partial charge < -0.3 is 14.0 Å². The SMILES string of the molecule is COc1ccc2c(c1)c1cc(OC)ccc1n2-c1ccc(C=Cc2ccc(-c3ccc(S(=O)(=O)c4ccccc4)cc3)cc2)cc1. The third kappa shape index (κ3) is 5.44. The number of sulfone groups is 1. The molecular formula is C40H31NO4S. The summed E-state index contributed by atoms with van der Waals surface area (Å²) < 4.78 is 39.1.